The van der Waals surface area contributed by atoms with Gasteiger partial charge in [-0.15, -0.1) is 0 Å². The molecule has 6 heteroatoms. The molecule has 0 rings (SSSR count). The quantitative estimate of drug-likeness (QED) is 0.731. The van der Waals surface area contributed by atoms with Crippen LogP contribution in [0.4, 0.5) is 13.2 Å². The van der Waals surface area contributed by atoms with E-state index < -0.39 is 18.3 Å². The van der Waals surface area contributed by atoms with E-state index in [4.69, 9.17) is 5.26 Å². The van der Waals surface area contributed by atoms with E-state index in [1.807, 2.05) is 0 Å². The van der Waals surface area contributed by atoms with Crippen LogP contribution in [-0.4, -0.2) is 32.0 Å². The number of rotatable bonds is 4. The summed E-state index contributed by atoms with van der Waals surface area (Å²) in [6.45, 7) is 0.637. The molecule has 1 N–H and O–H groups in total. The van der Waals surface area contributed by atoms with Crippen molar-refractivity contribution in [1.82, 2.24) is 5.32 Å². The van der Waals surface area contributed by atoms with Gasteiger partial charge in [0.25, 0.3) is 0 Å². The largest absolute Gasteiger partial charge is 0.414 e. The highest BCUT2D eigenvalue weighted by Crippen LogP contribution is 2.22. The Balaban J connectivity index is 3.83. The number of hydrogen-bond acceptors (Lipinski definition) is 3. The molecule has 0 aliphatic carbocycles. The van der Waals surface area contributed by atoms with Gasteiger partial charge in [0.15, 0.2) is 6.10 Å². The van der Waals surface area contributed by atoms with Crippen molar-refractivity contribution in [2.75, 3.05) is 13.7 Å². The smallest absolute Gasteiger partial charge is 0.366 e. The van der Waals surface area contributed by atoms with Gasteiger partial charge in [-0.2, -0.15) is 18.4 Å². The molecule has 2 atom stereocenters. The van der Waals surface area contributed by atoms with Crippen molar-refractivity contribution >= 4 is 0 Å². The third-order valence-corrected chi connectivity index (χ3v) is 1.48. The maximum Gasteiger partial charge on any atom is 0.414 e. The van der Waals surface area contributed by atoms with Gasteiger partial charge in [0.1, 0.15) is 6.04 Å². The molecule has 0 aliphatic heterocycles. The summed E-state index contributed by atoms with van der Waals surface area (Å²) in [5.41, 5.74) is 0. The Bertz CT molecular complexity index is 187. The summed E-state index contributed by atoms with van der Waals surface area (Å²) < 4.78 is 40.1. The normalized spacial score (nSPS) is 16.3. The molecule has 76 valence electrons. The molecular formula is C7H11F3N2O. The van der Waals surface area contributed by atoms with Crippen LogP contribution >= 0.6 is 0 Å². The summed E-state index contributed by atoms with van der Waals surface area (Å²) in [5, 5.41) is 10.9. The lowest BCUT2D eigenvalue weighted by molar-refractivity contribution is -0.214. The molecule has 0 aromatic carbocycles. The fourth-order valence-electron chi connectivity index (χ4n) is 0.520. The van der Waals surface area contributed by atoms with Crippen LogP contribution in [0.2, 0.25) is 0 Å². The second-order valence-corrected chi connectivity index (χ2v) is 2.49. The fourth-order valence-corrected chi connectivity index (χ4v) is 0.520. The predicted octanol–water partition coefficient (Wildman–Crippen LogP) is 1.07. The Kier molecular flexibility index (Phi) is 4.73. The second-order valence-electron chi connectivity index (χ2n) is 2.49. The van der Waals surface area contributed by atoms with Crippen molar-refractivity contribution in [2.24, 2.45) is 0 Å². The zero-order valence-corrected chi connectivity index (χ0v) is 7.35. The van der Waals surface area contributed by atoms with Crippen LogP contribution < -0.4 is 5.32 Å². The summed E-state index contributed by atoms with van der Waals surface area (Å²) in [5.74, 6) is 0. The average molecular weight is 196 g/mol. The van der Waals surface area contributed by atoms with E-state index in [0.717, 1.165) is 6.92 Å². The van der Waals surface area contributed by atoms with Crippen LogP contribution in [0.1, 0.15) is 6.92 Å². The number of halogens is 3. The Hall–Kier alpha value is -0.800. The third-order valence-electron chi connectivity index (χ3n) is 1.48. The van der Waals surface area contributed by atoms with E-state index in [2.05, 4.69) is 10.1 Å². The number of ether oxygens (including phenoxy) is 1. The molecule has 0 aromatic rings. The second kappa shape index (κ2) is 5.04. The van der Waals surface area contributed by atoms with Gasteiger partial charge in [-0.1, -0.05) is 0 Å². The minimum Gasteiger partial charge on any atom is -0.366 e. The van der Waals surface area contributed by atoms with E-state index in [1.165, 1.54) is 7.05 Å². The number of nitrogens with zero attached hydrogens (tertiary/aromatic N) is 1. The Morgan fingerprint density at radius 2 is 2.08 bits per heavy atom. The molecule has 0 heterocycles. The molecule has 3 nitrogen and oxygen atoms in total. The SMILES string of the molecule is CNC(C#N)COC(C)C(F)(F)F. The molecule has 0 saturated carbocycles. The first-order valence-electron chi connectivity index (χ1n) is 3.67. The van der Waals surface area contributed by atoms with Crippen molar-refractivity contribution in [2.45, 2.75) is 25.2 Å². The zero-order valence-electron chi connectivity index (χ0n) is 7.35. The number of hydrogen-bond donors (Lipinski definition) is 1. The monoisotopic (exact) mass is 196 g/mol. The number of alkyl halides is 3. The molecule has 0 spiro atoms. The van der Waals surface area contributed by atoms with Crippen LogP contribution in [0.25, 0.3) is 0 Å². The lowest BCUT2D eigenvalue weighted by Crippen LogP contribution is -2.35. The minimum absolute atomic E-state index is 0.270. The Labute approximate surface area is 74.5 Å². The van der Waals surface area contributed by atoms with E-state index in [-0.39, 0.29) is 6.61 Å². The zero-order chi connectivity index (χ0) is 10.5. The van der Waals surface area contributed by atoms with E-state index in [1.54, 1.807) is 6.07 Å². The van der Waals surface area contributed by atoms with Crippen LogP contribution in [-0.2, 0) is 4.74 Å². The van der Waals surface area contributed by atoms with Crippen molar-refractivity contribution in [3.63, 3.8) is 0 Å². The highest BCUT2D eigenvalue weighted by molar-refractivity contribution is 4.88. The summed E-state index contributed by atoms with van der Waals surface area (Å²) >= 11 is 0. The van der Waals surface area contributed by atoms with Crippen molar-refractivity contribution < 1.29 is 17.9 Å². The van der Waals surface area contributed by atoms with E-state index in [9.17, 15) is 13.2 Å². The fraction of sp³-hybridized carbons (Fsp3) is 0.857. The highest BCUT2D eigenvalue weighted by atomic mass is 19.4. The molecule has 2 unspecified atom stereocenters. The van der Waals surface area contributed by atoms with Crippen molar-refractivity contribution in [3.8, 4) is 6.07 Å². The minimum atomic E-state index is -4.37. The topological polar surface area (TPSA) is 45.0 Å². The highest BCUT2D eigenvalue weighted by Gasteiger charge is 2.37. The van der Waals surface area contributed by atoms with Gasteiger partial charge in [-0.25, -0.2) is 0 Å². The molecule has 0 fully saturated rings. The van der Waals surface area contributed by atoms with Gasteiger partial charge in [0, 0.05) is 0 Å². The number of nitrogens with one attached hydrogen (secondary N) is 1. The summed E-state index contributed by atoms with van der Waals surface area (Å²) in [6.07, 6.45) is -6.20. The van der Waals surface area contributed by atoms with Crippen LogP contribution in [0.15, 0.2) is 0 Å². The van der Waals surface area contributed by atoms with Gasteiger partial charge in [-0.05, 0) is 14.0 Å². The summed E-state index contributed by atoms with van der Waals surface area (Å²) in [4.78, 5) is 0. The molecule has 13 heavy (non-hydrogen) atoms. The van der Waals surface area contributed by atoms with Gasteiger partial charge in [0.05, 0.1) is 12.7 Å². The maximum atomic E-state index is 11.9. The standard InChI is InChI=1S/C7H11F3N2O/c1-5(7(8,9)10)13-4-6(3-11)12-2/h5-6,12H,4H2,1-2H3. The van der Waals surface area contributed by atoms with Gasteiger partial charge in [-0.3, -0.25) is 0 Å². The van der Waals surface area contributed by atoms with Gasteiger partial charge < -0.3 is 10.1 Å². The molecule has 0 radical (unpaired) electrons. The first kappa shape index (κ1) is 12.2. The van der Waals surface area contributed by atoms with Crippen molar-refractivity contribution in [3.05, 3.63) is 0 Å². The van der Waals surface area contributed by atoms with Gasteiger partial charge >= 0.3 is 6.18 Å². The Morgan fingerprint density at radius 3 is 2.38 bits per heavy atom. The van der Waals surface area contributed by atoms with Crippen LogP contribution in [0.3, 0.4) is 0 Å². The van der Waals surface area contributed by atoms with Crippen LogP contribution in [0.5, 0.6) is 0 Å². The third kappa shape index (κ3) is 4.70. The number of nitriles is 1. The summed E-state index contributed by atoms with van der Waals surface area (Å²) in [6, 6.07) is 1.05. The predicted molar refractivity (Wildman–Crippen MR) is 39.9 cm³/mol. The van der Waals surface area contributed by atoms with E-state index in [0.29, 0.717) is 0 Å². The van der Waals surface area contributed by atoms with Crippen LogP contribution in [0, 0.1) is 11.3 Å². The lowest BCUT2D eigenvalue weighted by Gasteiger charge is -2.17. The lowest BCUT2D eigenvalue weighted by atomic mass is 10.3. The van der Waals surface area contributed by atoms with Crippen molar-refractivity contribution in [1.29, 1.82) is 5.26 Å². The molecule has 0 aromatic heterocycles. The molecule has 0 bridgehead atoms. The number of likely N-dealkylation sites (N-methyl/N-ethyl adjacent to an activating group) is 1. The Morgan fingerprint density at radius 1 is 1.54 bits per heavy atom. The summed E-state index contributed by atoms with van der Waals surface area (Å²) in [7, 11) is 1.48. The molecule has 0 amide bonds. The van der Waals surface area contributed by atoms with Gasteiger partial charge in [0.2, 0.25) is 0 Å². The molecular weight excluding hydrogens is 185 g/mol. The average Bonchev–Trinajstić information content (AvgIpc) is 2.04. The first-order valence-corrected chi connectivity index (χ1v) is 3.67. The maximum absolute atomic E-state index is 11.9. The van der Waals surface area contributed by atoms with E-state index >= 15 is 0 Å². The molecule has 0 saturated heterocycles. The molecule has 0 aliphatic rings. The first-order chi connectivity index (χ1) is 5.91.